The summed E-state index contributed by atoms with van der Waals surface area (Å²) in [5.41, 5.74) is 1.43. The third-order valence-corrected chi connectivity index (χ3v) is 2.46. The summed E-state index contributed by atoms with van der Waals surface area (Å²) >= 11 is 0. The first-order valence-electron chi connectivity index (χ1n) is 5.12. The Hall–Kier alpha value is -1.93. The van der Waals surface area contributed by atoms with Gasteiger partial charge in [-0.3, -0.25) is 9.69 Å². The van der Waals surface area contributed by atoms with Gasteiger partial charge in [-0.15, -0.1) is 0 Å². The van der Waals surface area contributed by atoms with E-state index in [1.807, 2.05) is 12.1 Å². The predicted octanol–water partition coefficient (Wildman–Crippen LogP) is -0.115. The highest BCUT2D eigenvalue weighted by molar-refractivity contribution is 5.78. The highest BCUT2D eigenvalue weighted by Crippen LogP contribution is 2.06. The van der Waals surface area contributed by atoms with E-state index in [0.717, 1.165) is 12.1 Å². The number of amides is 1. The minimum absolute atomic E-state index is 0.0563. The zero-order valence-corrected chi connectivity index (χ0v) is 8.81. The number of hydrogen-bond acceptors (Lipinski definition) is 4. The van der Waals surface area contributed by atoms with Gasteiger partial charge in [0.05, 0.1) is 6.54 Å². The van der Waals surface area contributed by atoms with Crippen molar-refractivity contribution in [3.63, 3.8) is 0 Å². The first-order chi connectivity index (χ1) is 7.78. The molecule has 1 saturated heterocycles. The van der Waals surface area contributed by atoms with Crippen molar-refractivity contribution in [2.24, 2.45) is 0 Å². The van der Waals surface area contributed by atoms with Gasteiger partial charge in [-0.2, -0.15) is 5.26 Å². The van der Waals surface area contributed by atoms with Gasteiger partial charge < -0.3 is 5.32 Å². The van der Waals surface area contributed by atoms with Crippen molar-refractivity contribution in [2.75, 3.05) is 19.6 Å². The Balaban J connectivity index is 2.03. The summed E-state index contributed by atoms with van der Waals surface area (Å²) < 4.78 is 0. The van der Waals surface area contributed by atoms with Gasteiger partial charge in [0.25, 0.3) is 0 Å². The van der Waals surface area contributed by atoms with E-state index in [-0.39, 0.29) is 5.91 Å². The van der Waals surface area contributed by atoms with Crippen molar-refractivity contribution >= 4 is 5.91 Å². The van der Waals surface area contributed by atoms with Gasteiger partial charge in [0.1, 0.15) is 11.8 Å². The lowest BCUT2D eigenvalue weighted by Crippen LogP contribution is -2.47. The number of nitrogens with zero attached hydrogens (tertiary/aromatic N) is 3. The Labute approximate surface area is 93.7 Å². The number of aromatic nitrogens is 1. The first-order valence-corrected chi connectivity index (χ1v) is 5.12. The van der Waals surface area contributed by atoms with E-state index in [1.54, 1.807) is 12.3 Å². The fourth-order valence-corrected chi connectivity index (χ4v) is 1.72. The van der Waals surface area contributed by atoms with E-state index in [4.69, 9.17) is 5.26 Å². The lowest BCUT2D eigenvalue weighted by Gasteiger charge is -2.26. The van der Waals surface area contributed by atoms with Crippen LogP contribution in [0.15, 0.2) is 18.3 Å². The van der Waals surface area contributed by atoms with Crippen LogP contribution in [0.3, 0.4) is 0 Å². The zero-order chi connectivity index (χ0) is 11.4. The van der Waals surface area contributed by atoms with Crippen LogP contribution in [0.4, 0.5) is 0 Å². The van der Waals surface area contributed by atoms with Crippen LogP contribution >= 0.6 is 0 Å². The van der Waals surface area contributed by atoms with Crippen molar-refractivity contribution < 1.29 is 4.79 Å². The largest absolute Gasteiger partial charge is 0.354 e. The van der Waals surface area contributed by atoms with Crippen LogP contribution < -0.4 is 5.32 Å². The predicted molar refractivity (Wildman–Crippen MR) is 57.2 cm³/mol. The number of carbonyl (C=O) groups excluding carboxylic acids is 1. The molecule has 2 rings (SSSR count). The van der Waals surface area contributed by atoms with Crippen molar-refractivity contribution in [3.8, 4) is 6.07 Å². The minimum atomic E-state index is 0.0563. The standard InChI is InChI=1S/C11H12N4O/c12-6-10-5-9(1-2-13-10)7-15-4-3-14-11(16)8-15/h1-2,5H,3-4,7-8H2,(H,14,16). The number of nitriles is 1. The number of piperazine rings is 1. The first kappa shape index (κ1) is 10.6. The lowest BCUT2D eigenvalue weighted by atomic mass is 10.2. The smallest absolute Gasteiger partial charge is 0.234 e. The maximum atomic E-state index is 11.2. The molecule has 1 aliphatic rings. The average molecular weight is 216 g/mol. The van der Waals surface area contributed by atoms with E-state index < -0.39 is 0 Å². The Morgan fingerprint density at radius 3 is 3.25 bits per heavy atom. The molecule has 1 fully saturated rings. The SMILES string of the molecule is N#Cc1cc(CN2CCNC(=O)C2)ccn1. The van der Waals surface area contributed by atoms with Crippen LogP contribution in [-0.4, -0.2) is 35.4 Å². The van der Waals surface area contributed by atoms with Crippen molar-refractivity contribution in [1.82, 2.24) is 15.2 Å². The fraction of sp³-hybridized carbons (Fsp3) is 0.364. The summed E-state index contributed by atoms with van der Waals surface area (Å²) in [6.45, 7) is 2.64. The fourth-order valence-electron chi connectivity index (χ4n) is 1.72. The Kier molecular flexibility index (Phi) is 3.13. The van der Waals surface area contributed by atoms with Crippen LogP contribution in [0, 0.1) is 11.3 Å². The number of carbonyl (C=O) groups is 1. The second kappa shape index (κ2) is 4.73. The third-order valence-electron chi connectivity index (χ3n) is 2.46. The maximum Gasteiger partial charge on any atom is 0.234 e. The molecule has 0 radical (unpaired) electrons. The Bertz CT molecular complexity index is 438. The van der Waals surface area contributed by atoms with Gasteiger partial charge in [-0.25, -0.2) is 4.98 Å². The third kappa shape index (κ3) is 2.55. The topological polar surface area (TPSA) is 69.0 Å². The molecule has 2 heterocycles. The minimum Gasteiger partial charge on any atom is -0.354 e. The Morgan fingerprint density at radius 1 is 1.62 bits per heavy atom. The van der Waals surface area contributed by atoms with E-state index in [0.29, 0.717) is 25.3 Å². The number of nitrogens with one attached hydrogen (secondary N) is 1. The summed E-state index contributed by atoms with van der Waals surface area (Å²) in [5, 5.41) is 11.5. The van der Waals surface area contributed by atoms with Crippen molar-refractivity contribution in [3.05, 3.63) is 29.6 Å². The molecule has 0 atom stereocenters. The molecule has 0 bridgehead atoms. The lowest BCUT2D eigenvalue weighted by molar-refractivity contribution is -0.124. The molecule has 5 heteroatoms. The quantitative estimate of drug-likeness (QED) is 0.748. The monoisotopic (exact) mass is 216 g/mol. The molecule has 0 unspecified atom stereocenters. The highest BCUT2D eigenvalue weighted by atomic mass is 16.2. The maximum absolute atomic E-state index is 11.2. The van der Waals surface area contributed by atoms with Crippen molar-refractivity contribution in [2.45, 2.75) is 6.54 Å². The zero-order valence-electron chi connectivity index (χ0n) is 8.81. The van der Waals surface area contributed by atoms with Gasteiger partial charge in [-0.1, -0.05) is 0 Å². The van der Waals surface area contributed by atoms with E-state index >= 15 is 0 Å². The molecular formula is C11H12N4O. The molecule has 5 nitrogen and oxygen atoms in total. The van der Waals surface area contributed by atoms with Crippen LogP contribution in [0.2, 0.25) is 0 Å². The molecule has 1 amide bonds. The molecule has 1 aromatic rings. The van der Waals surface area contributed by atoms with Gasteiger partial charge in [-0.05, 0) is 17.7 Å². The van der Waals surface area contributed by atoms with Crippen LogP contribution in [0.25, 0.3) is 0 Å². The van der Waals surface area contributed by atoms with E-state index in [2.05, 4.69) is 15.2 Å². The molecule has 0 aromatic carbocycles. The molecule has 0 saturated carbocycles. The molecular weight excluding hydrogens is 204 g/mol. The van der Waals surface area contributed by atoms with Crippen LogP contribution in [0.5, 0.6) is 0 Å². The van der Waals surface area contributed by atoms with Crippen LogP contribution in [0.1, 0.15) is 11.3 Å². The van der Waals surface area contributed by atoms with Gasteiger partial charge in [0, 0.05) is 25.8 Å². The summed E-state index contributed by atoms with van der Waals surface area (Å²) in [6.07, 6.45) is 1.62. The normalized spacial score (nSPS) is 16.6. The molecule has 0 spiro atoms. The summed E-state index contributed by atoms with van der Waals surface area (Å²) in [4.78, 5) is 17.1. The molecule has 82 valence electrons. The second-order valence-electron chi connectivity index (χ2n) is 3.72. The van der Waals surface area contributed by atoms with E-state index in [9.17, 15) is 4.79 Å². The van der Waals surface area contributed by atoms with Gasteiger partial charge in [0.2, 0.25) is 5.91 Å². The number of pyridine rings is 1. The van der Waals surface area contributed by atoms with Crippen molar-refractivity contribution in [1.29, 1.82) is 5.26 Å². The molecule has 16 heavy (non-hydrogen) atoms. The molecule has 1 aromatic heterocycles. The number of rotatable bonds is 2. The van der Waals surface area contributed by atoms with Crippen LogP contribution in [-0.2, 0) is 11.3 Å². The Morgan fingerprint density at radius 2 is 2.50 bits per heavy atom. The van der Waals surface area contributed by atoms with Gasteiger partial charge >= 0.3 is 0 Å². The summed E-state index contributed by atoms with van der Waals surface area (Å²) in [6, 6.07) is 5.63. The van der Waals surface area contributed by atoms with E-state index in [1.165, 1.54) is 0 Å². The molecule has 0 aliphatic carbocycles. The second-order valence-corrected chi connectivity index (χ2v) is 3.72. The summed E-state index contributed by atoms with van der Waals surface area (Å²) in [7, 11) is 0. The number of hydrogen-bond donors (Lipinski definition) is 1. The molecule has 1 aliphatic heterocycles. The molecule has 1 N–H and O–H groups in total. The highest BCUT2D eigenvalue weighted by Gasteiger charge is 2.15. The average Bonchev–Trinajstić information content (AvgIpc) is 2.29. The summed E-state index contributed by atoms with van der Waals surface area (Å²) in [5.74, 6) is 0.0563. The van der Waals surface area contributed by atoms with Gasteiger partial charge in [0.15, 0.2) is 0 Å².